The van der Waals surface area contributed by atoms with Crippen LogP contribution in [0.3, 0.4) is 0 Å². The van der Waals surface area contributed by atoms with Crippen LogP contribution in [0.15, 0.2) is 60.7 Å². The highest BCUT2D eigenvalue weighted by molar-refractivity contribution is 6.31. The lowest BCUT2D eigenvalue weighted by Crippen LogP contribution is -2.50. The third-order valence-electron chi connectivity index (χ3n) is 8.65. The standard InChI is InChI=1S/C33H34Cl2FN3O3/c1-19(2)31(41)20-9-12-22(13-10-20)38-32(42)30-27(24-7-6-8-25(35)29(24)36)28(33(39-30)15-4-3-5-16-33)23-14-11-21(34)17-26(23)37-18-40/h6-14,17-19,27-28,30,39H,3-5,15-16H2,1-2H3,(H,37,40)(H,38,42)/t27-,28?,30?/m1/s1. The summed E-state index contributed by atoms with van der Waals surface area (Å²) in [4.78, 5) is 38.1. The summed E-state index contributed by atoms with van der Waals surface area (Å²) >= 11 is 12.6. The van der Waals surface area contributed by atoms with Gasteiger partial charge in [-0.25, -0.2) is 4.39 Å². The van der Waals surface area contributed by atoms with E-state index in [1.165, 1.54) is 6.07 Å². The van der Waals surface area contributed by atoms with Crippen LogP contribution in [-0.2, 0) is 9.59 Å². The Morgan fingerprint density at radius 1 is 1.00 bits per heavy atom. The Labute approximate surface area is 255 Å². The fraction of sp³-hybridized carbons (Fsp3) is 0.364. The quantitative estimate of drug-likeness (QED) is 0.180. The minimum atomic E-state index is -0.821. The van der Waals surface area contributed by atoms with Crippen molar-refractivity contribution in [2.75, 3.05) is 10.6 Å². The van der Waals surface area contributed by atoms with Gasteiger partial charge in [0.2, 0.25) is 12.3 Å². The lowest BCUT2D eigenvalue weighted by Gasteiger charge is -2.41. The van der Waals surface area contributed by atoms with Crippen molar-refractivity contribution in [3.63, 3.8) is 0 Å². The monoisotopic (exact) mass is 609 g/mol. The molecule has 2 amide bonds. The molecule has 220 valence electrons. The molecule has 1 aliphatic heterocycles. The van der Waals surface area contributed by atoms with Gasteiger partial charge < -0.3 is 10.6 Å². The van der Waals surface area contributed by atoms with Gasteiger partial charge in [0.25, 0.3) is 0 Å². The zero-order valence-corrected chi connectivity index (χ0v) is 25.1. The number of hydrogen-bond acceptors (Lipinski definition) is 4. The van der Waals surface area contributed by atoms with Crippen molar-refractivity contribution in [2.24, 2.45) is 5.92 Å². The number of amides is 2. The van der Waals surface area contributed by atoms with Crippen molar-refractivity contribution < 1.29 is 18.8 Å². The average Bonchev–Trinajstić information content (AvgIpc) is 3.28. The highest BCUT2D eigenvalue weighted by atomic mass is 35.5. The highest BCUT2D eigenvalue weighted by Gasteiger charge is 2.57. The number of benzene rings is 3. The zero-order valence-electron chi connectivity index (χ0n) is 23.6. The molecule has 3 aromatic carbocycles. The van der Waals surface area contributed by atoms with E-state index in [9.17, 15) is 14.4 Å². The molecular formula is C33H34Cl2FN3O3. The summed E-state index contributed by atoms with van der Waals surface area (Å²) in [5.41, 5.74) is 2.18. The molecule has 1 heterocycles. The number of nitrogens with one attached hydrogen (secondary N) is 3. The number of anilines is 2. The fourth-order valence-corrected chi connectivity index (χ4v) is 7.13. The van der Waals surface area contributed by atoms with E-state index < -0.39 is 23.3 Å². The SMILES string of the molecule is CC(C)C(=O)c1ccc(NC(=O)C2NC3(CCCCC3)C(c3ccc(Cl)cc3NC=O)[C@H]2c2cccc(Cl)c2F)cc1. The summed E-state index contributed by atoms with van der Waals surface area (Å²) in [5, 5.41) is 9.87. The van der Waals surface area contributed by atoms with Crippen LogP contribution in [0.1, 0.15) is 79.3 Å². The van der Waals surface area contributed by atoms with Crippen molar-refractivity contribution in [2.45, 2.75) is 69.4 Å². The van der Waals surface area contributed by atoms with Crippen LogP contribution in [-0.4, -0.2) is 29.7 Å². The van der Waals surface area contributed by atoms with Gasteiger partial charge in [-0.15, -0.1) is 0 Å². The summed E-state index contributed by atoms with van der Waals surface area (Å²) in [7, 11) is 0. The highest BCUT2D eigenvalue weighted by Crippen LogP contribution is 2.56. The topological polar surface area (TPSA) is 87.3 Å². The smallest absolute Gasteiger partial charge is 0.242 e. The van der Waals surface area contributed by atoms with Crippen LogP contribution in [0.2, 0.25) is 10.0 Å². The molecular weight excluding hydrogens is 576 g/mol. The molecule has 6 nitrogen and oxygen atoms in total. The maximum atomic E-state index is 15.8. The Morgan fingerprint density at radius 2 is 1.71 bits per heavy atom. The van der Waals surface area contributed by atoms with E-state index in [0.29, 0.717) is 33.9 Å². The maximum absolute atomic E-state index is 15.8. The summed E-state index contributed by atoms with van der Waals surface area (Å²) in [5.74, 6) is -2.06. The first-order valence-corrected chi connectivity index (χ1v) is 15.1. The van der Waals surface area contributed by atoms with E-state index in [-0.39, 0.29) is 28.5 Å². The Hall–Kier alpha value is -3.26. The van der Waals surface area contributed by atoms with E-state index in [0.717, 1.165) is 37.7 Å². The lowest BCUT2D eigenvalue weighted by atomic mass is 9.66. The molecule has 1 saturated heterocycles. The van der Waals surface area contributed by atoms with Gasteiger partial charge in [-0.1, -0.05) is 74.5 Å². The molecule has 3 N–H and O–H groups in total. The predicted octanol–water partition coefficient (Wildman–Crippen LogP) is 7.72. The molecule has 1 aliphatic carbocycles. The maximum Gasteiger partial charge on any atom is 0.242 e. The molecule has 1 saturated carbocycles. The molecule has 0 radical (unpaired) electrons. The third kappa shape index (κ3) is 5.83. The van der Waals surface area contributed by atoms with E-state index >= 15 is 4.39 Å². The molecule has 0 bridgehead atoms. The molecule has 0 aromatic heterocycles. The number of carbonyl (C=O) groups excluding carboxylic acids is 3. The van der Waals surface area contributed by atoms with E-state index in [1.807, 2.05) is 19.9 Å². The minimum absolute atomic E-state index is 0.0200. The van der Waals surface area contributed by atoms with Crippen molar-refractivity contribution in [3.8, 4) is 0 Å². The molecule has 5 rings (SSSR count). The normalized spacial score (nSPS) is 21.3. The molecule has 1 spiro atoms. The van der Waals surface area contributed by atoms with E-state index in [1.54, 1.807) is 48.5 Å². The molecule has 3 aromatic rings. The first-order valence-electron chi connectivity index (χ1n) is 14.3. The molecule has 42 heavy (non-hydrogen) atoms. The molecule has 3 atom stereocenters. The van der Waals surface area contributed by atoms with Gasteiger partial charge in [0.05, 0.1) is 11.1 Å². The number of hydrogen-bond donors (Lipinski definition) is 3. The Bertz CT molecular complexity index is 1490. The molecule has 2 aliphatic rings. The van der Waals surface area contributed by atoms with Gasteiger partial charge in [-0.05, 0) is 66.4 Å². The van der Waals surface area contributed by atoms with Crippen molar-refractivity contribution in [1.29, 1.82) is 0 Å². The average molecular weight is 611 g/mol. The number of halogens is 3. The van der Waals surface area contributed by atoms with Gasteiger partial charge in [0.1, 0.15) is 5.82 Å². The van der Waals surface area contributed by atoms with Gasteiger partial charge in [-0.2, -0.15) is 0 Å². The Morgan fingerprint density at radius 3 is 2.38 bits per heavy atom. The Balaban J connectivity index is 1.61. The van der Waals surface area contributed by atoms with Gasteiger partial charge >= 0.3 is 0 Å². The van der Waals surface area contributed by atoms with Gasteiger partial charge in [0.15, 0.2) is 5.78 Å². The summed E-state index contributed by atoms with van der Waals surface area (Å²) in [6, 6.07) is 16.1. The lowest BCUT2D eigenvalue weighted by molar-refractivity contribution is -0.118. The second-order valence-electron chi connectivity index (χ2n) is 11.6. The van der Waals surface area contributed by atoms with Crippen LogP contribution in [0, 0.1) is 11.7 Å². The molecule has 9 heteroatoms. The van der Waals surface area contributed by atoms with Crippen molar-refractivity contribution in [1.82, 2.24) is 5.32 Å². The number of rotatable bonds is 8. The van der Waals surface area contributed by atoms with Gasteiger partial charge in [0, 0.05) is 45.3 Å². The van der Waals surface area contributed by atoms with Crippen LogP contribution in [0.5, 0.6) is 0 Å². The molecule has 2 unspecified atom stereocenters. The van der Waals surface area contributed by atoms with Crippen molar-refractivity contribution in [3.05, 3.63) is 93.2 Å². The third-order valence-corrected chi connectivity index (χ3v) is 9.18. The van der Waals surface area contributed by atoms with Crippen LogP contribution in [0.4, 0.5) is 15.8 Å². The van der Waals surface area contributed by atoms with Crippen LogP contribution < -0.4 is 16.0 Å². The van der Waals surface area contributed by atoms with E-state index in [2.05, 4.69) is 16.0 Å². The summed E-state index contributed by atoms with van der Waals surface area (Å²) in [6.45, 7) is 3.68. The second kappa shape index (κ2) is 12.5. The summed E-state index contributed by atoms with van der Waals surface area (Å²) < 4.78 is 15.8. The minimum Gasteiger partial charge on any atom is -0.328 e. The van der Waals surface area contributed by atoms with Gasteiger partial charge in [-0.3, -0.25) is 19.7 Å². The summed E-state index contributed by atoms with van der Waals surface area (Å²) in [6.07, 6.45) is 5.09. The fourth-order valence-electron chi connectivity index (χ4n) is 6.78. The second-order valence-corrected chi connectivity index (χ2v) is 12.4. The van der Waals surface area contributed by atoms with Crippen LogP contribution >= 0.6 is 23.2 Å². The number of carbonyl (C=O) groups is 3. The Kier molecular flexibility index (Phi) is 9.02. The van der Waals surface area contributed by atoms with Crippen molar-refractivity contribution >= 4 is 52.7 Å². The van der Waals surface area contributed by atoms with E-state index in [4.69, 9.17) is 23.2 Å². The predicted molar refractivity (Wildman–Crippen MR) is 165 cm³/mol. The molecule has 2 fully saturated rings. The zero-order chi connectivity index (χ0) is 30.0. The first kappa shape index (κ1) is 30.2. The number of ketones is 1. The first-order chi connectivity index (χ1) is 20.1. The number of Topliss-reactive ketones (excluding diaryl/α,β-unsaturated/α-hetero) is 1. The largest absolute Gasteiger partial charge is 0.328 e. The van der Waals surface area contributed by atoms with Crippen LogP contribution in [0.25, 0.3) is 0 Å².